The van der Waals surface area contributed by atoms with Crippen molar-refractivity contribution in [2.75, 3.05) is 0 Å². The van der Waals surface area contributed by atoms with Gasteiger partial charge in [-0.15, -0.1) is 0 Å². The summed E-state index contributed by atoms with van der Waals surface area (Å²) in [6.45, 7) is 8.12. The van der Waals surface area contributed by atoms with E-state index in [2.05, 4.69) is 24.3 Å². The van der Waals surface area contributed by atoms with E-state index >= 15 is 0 Å². The lowest BCUT2D eigenvalue weighted by Crippen LogP contribution is -2.06. The van der Waals surface area contributed by atoms with Crippen LogP contribution < -0.4 is 9.47 Å². The van der Waals surface area contributed by atoms with Gasteiger partial charge in [-0.2, -0.15) is 0 Å². The van der Waals surface area contributed by atoms with E-state index < -0.39 is 0 Å². The SMILES string of the molecule is CC(C)Oc1ccc2ccc(OC(C)C)cc2c1. The number of hydrogen-bond donors (Lipinski definition) is 0. The van der Waals surface area contributed by atoms with E-state index in [0.717, 1.165) is 16.9 Å². The molecular formula is C16H20O2. The average molecular weight is 244 g/mol. The normalized spacial score (nSPS) is 11.2. The lowest BCUT2D eigenvalue weighted by atomic mass is 10.1. The predicted molar refractivity (Wildman–Crippen MR) is 75.5 cm³/mol. The molecule has 2 aromatic rings. The number of rotatable bonds is 4. The van der Waals surface area contributed by atoms with Crippen LogP contribution in [0.5, 0.6) is 11.5 Å². The standard InChI is InChI=1S/C16H20O2/c1-11(2)17-15-7-5-13-6-8-16(18-12(3)4)10-14(13)9-15/h5-12H,1-4H3. The van der Waals surface area contributed by atoms with Crippen LogP contribution in [0.2, 0.25) is 0 Å². The Hall–Kier alpha value is -1.70. The van der Waals surface area contributed by atoms with E-state index in [9.17, 15) is 0 Å². The van der Waals surface area contributed by atoms with Gasteiger partial charge in [-0.25, -0.2) is 0 Å². The maximum atomic E-state index is 5.70. The summed E-state index contributed by atoms with van der Waals surface area (Å²) in [7, 11) is 0. The van der Waals surface area contributed by atoms with E-state index in [-0.39, 0.29) is 12.2 Å². The first-order chi connectivity index (χ1) is 8.54. The Balaban J connectivity index is 2.33. The third kappa shape index (κ3) is 3.16. The van der Waals surface area contributed by atoms with Gasteiger partial charge in [-0.3, -0.25) is 0 Å². The minimum atomic E-state index is 0.192. The third-order valence-electron chi connectivity index (χ3n) is 2.53. The van der Waals surface area contributed by atoms with Gasteiger partial charge in [-0.05, 0) is 62.7 Å². The van der Waals surface area contributed by atoms with Gasteiger partial charge >= 0.3 is 0 Å². The van der Waals surface area contributed by atoms with Crippen LogP contribution in [0.4, 0.5) is 0 Å². The van der Waals surface area contributed by atoms with Crippen LogP contribution in [0.15, 0.2) is 36.4 Å². The molecule has 2 aromatic carbocycles. The maximum Gasteiger partial charge on any atom is 0.120 e. The first-order valence-corrected chi connectivity index (χ1v) is 6.42. The highest BCUT2D eigenvalue weighted by atomic mass is 16.5. The van der Waals surface area contributed by atoms with E-state index in [4.69, 9.17) is 9.47 Å². The van der Waals surface area contributed by atoms with Crippen LogP contribution in [-0.4, -0.2) is 12.2 Å². The second-order valence-electron chi connectivity index (χ2n) is 5.00. The van der Waals surface area contributed by atoms with Crippen molar-refractivity contribution in [3.05, 3.63) is 36.4 Å². The molecule has 0 saturated heterocycles. The molecular weight excluding hydrogens is 224 g/mol. The molecule has 0 bridgehead atoms. The second-order valence-corrected chi connectivity index (χ2v) is 5.00. The molecule has 0 atom stereocenters. The van der Waals surface area contributed by atoms with Crippen molar-refractivity contribution in [3.8, 4) is 11.5 Å². The van der Waals surface area contributed by atoms with Crippen molar-refractivity contribution in [1.82, 2.24) is 0 Å². The van der Waals surface area contributed by atoms with Gasteiger partial charge in [0.25, 0.3) is 0 Å². The zero-order chi connectivity index (χ0) is 13.1. The molecule has 0 amide bonds. The van der Waals surface area contributed by atoms with Crippen molar-refractivity contribution in [1.29, 1.82) is 0 Å². The Morgan fingerprint density at radius 3 is 1.50 bits per heavy atom. The Morgan fingerprint density at radius 1 is 0.667 bits per heavy atom. The first kappa shape index (κ1) is 12.7. The topological polar surface area (TPSA) is 18.5 Å². The van der Waals surface area contributed by atoms with E-state index in [1.807, 2.05) is 39.8 Å². The summed E-state index contributed by atoms with van der Waals surface area (Å²) >= 11 is 0. The summed E-state index contributed by atoms with van der Waals surface area (Å²) in [5.74, 6) is 1.80. The van der Waals surface area contributed by atoms with Gasteiger partial charge in [0, 0.05) is 0 Å². The number of ether oxygens (including phenoxy) is 2. The Kier molecular flexibility index (Phi) is 3.75. The second kappa shape index (κ2) is 5.30. The van der Waals surface area contributed by atoms with Crippen LogP contribution in [0, 0.1) is 0 Å². The minimum absolute atomic E-state index is 0.192. The van der Waals surface area contributed by atoms with Gasteiger partial charge in [0.05, 0.1) is 12.2 Å². The molecule has 0 unspecified atom stereocenters. The molecule has 0 heterocycles. The summed E-state index contributed by atoms with van der Waals surface area (Å²) < 4.78 is 11.4. The summed E-state index contributed by atoms with van der Waals surface area (Å²) in [6, 6.07) is 12.3. The molecule has 18 heavy (non-hydrogen) atoms. The molecule has 0 aliphatic carbocycles. The molecule has 0 radical (unpaired) electrons. The fourth-order valence-corrected chi connectivity index (χ4v) is 1.89. The van der Waals surface area contributed by atoms with Crippen molar-refractivity contribution in [2.45, 2.75) is 39.9 Å². The van der Waals surface area contributed by atoms with Crippen molar-refractivity contribution < 1.29 is 9.47 Å². The lowest BCUT2D eigenvalue weighted by molar-refractivity contribution is 0.242. The van der Waals surface area contributed by atoms with E-state index in [1.165, 1.54) is 5.39 Å². The minimum Gasteiger partial charge on any atom is -0.491 e. The van der Waals surface area contributed by atoms with Gasteiger partial charge < -0.3 is 9.47 Å². The highest BCUT2D eigenvalue weighted by Crippen LogP contribution is 2.26. The molecule has 0 aliphatic heterocycles. The van der Waals surface area contributed by atoms with Crippen LogP contribution in [0.1, 0.15) is 27.7 Å². The van der Waals surface area contributed by atoms with Gasteiger partial charge in [-0.1, -0.05) is 12.1 Å². The number of fused-ring (bicyclic) bond motifs is 1. The molecule has 0 saturated carbocycles. The quantitative estimate of drug-likeness (QED) is 0.793. The molecule has 96 valence electrons. The molecule has 0 aromatic heterocycles. The van der Waals surface area contributed by atoms with Gasteiger partial charge in [0.2, 0.25) is 0 Å². The molecule has 0 aliphatic rings. The number of hydrogen-bond acceptors (Lipinski definition) is 2. The fraction of sp³-hybridized carbons (Fsp3) is 0.375. The monoisotopic (exact) mass is 244 g/mol. The van der Waals surface area contributed by atoms with E-state index in [0.29, 0.717) is 0 Å². The highest BCUT2D eigenvalue weighted by molar-refractivity contribution is 5.85. The summed E-state index contributed by atoms with van der Waals surface area (Å²) in [5, 5.41) is 2.34. The molecule has 2 rings (SSSR count). The Bertz CT molecular complexity index is 485. The van der Waals surface area contributed by atoms with Gasteiger partial charge in [0.15, 0.2) is 0 Å². The van der Waals surface area contributed by atoms with E-state index in [1.54, 1.807) is 0 Å². The largest absolute Gasteiger partial charge is 0.491 e. The van der Waals surface area contributed by atoms with Crippen LogP contribution in [0.3, 0.4) is 0 Å². The predicted octanol–water partition coefficient (Wildman–Crippen LogP) is 4.41. The first-order valence-electron chi connectivity index (χ1n) is 6.42. The lowest BCUT2D eigenvalue weighted by Gasteiger charge is -2.12. The molecule has 2 nitrogen and oxygen atoms in total. The molecule has 0 fully saturated rings. The summed E-state index contributed by atoms with van der Waals surface area (Å²) in [4.78, 5) is 0. The maximum absolute atomic E-state index is 5.70. The van der Waals surface area contributed by atoms with Gasteiger partial charge in [0.1, 0.15) is 11.5 Å². The third-order valence-corrected chi connectivity index (χ3v) is 2.53. The van der Waals surface area contributed by atoms with Crippen molar-refractivity contribution in [3.63, 3.8) is 0 Å². The van der Waals surface area contributed by atoms with Crippen LogP contribution in [0.25, 0.3) is 10.8 Å². The molecule has 0 N–H and O–H groups in total. The Morgan fingerprint density at radius 2 is 1.11 bits per heavy atom. The average Bonchev–Trinajstić information content (AvgIpc) is 2.26. The smallest absolute Gasteiger partial charge is 0.120 e. The molecule has 0 spiro atoms. The number of benzene rings is 2. The summed E-state index contributed by atoms with van der Waals surface area (Å²) in [6.07, 6.45) is 0.384. The highest BCUT2D eigenvalue weighted by Gasteiger charge is 2.03. The molecule has 2 heteroatoms. The Labute approximate surface area is 109 Å². The van der Waals surface area contributed by atoms with Crippen LogP contribution in [-0.2, 0) is 0 Å². The van der Waals surface area contributed by atoms with Crippen molar-refractivity contribution >= 4 is 10.8 Å². The fourth-order valence-electron chi connectivity index (χ4n) is 1.89. The zero-order valence-electron chi connectivity index (χ0n) is 11.4. The van der Waals surface area contributed by atoms with Crippen molar-refractivity contribution in [2.24, 2.45) is 0 Å². The zero-order valence-corrected chi connectivity index (χ0v) is 11.4. The summed E-state index contributed by atoms with van der Waals surface area (Å²) in [5.41, 5.74) is 0. The van der Waals surface area contributed by atoms with Crippen LogP contribution >= 0.6 is 0 Å².